The van der Waals surface area contributed by atoms with Gasteiger partial charge in [-0.3, -0.25) is 4.79 Å². The number of hydrogen-bond donors (Lipinski definition) is 0. The summed E-state index contributed by atoms with van der Waals surface area (Å²) in [7, 11) is 0. The van der Waals surface area contributed by atoms with Gasteiger partial charge >= 0.3 is 0 Å². The van der Waals surface area contributed by atoms with Crippen molar-refractivity contribution in [3.05, 3.63) is 53.6 Å². The smallest absolute Gasteiger partial charge is 0.255 e. The first-order valence-electron chi connectivity index (χ1n) is 8.13. The number of oxazole rings is 1. The Kier molecular flexibility index (Phi) is 3.23. The van der Waals surface area contributed by atoms with Crippen LogP contribution in [0.3, 0.4) is 0 Å². The van der Waals surface area contributed by atoms with Crippen LogP contribution in [0.1, 0.15) is 48.5 Å². The fraction of sp³-hybridized carbons (Fsp3) is 0.389. The van der Waals surface area contributed by atoms with Gasteiger partial charge in [-0.15, -0.1) is 0 Å². The van der Waals surface area contributed by atoms with Crippen molar-refractivity contribution in [3.8, 4) is 0 Å². The summed E-state index contributed by atoms with van der Waals surface area (Å²) in [4.78, 5) is 23.5. The first kappa shape index (κ1) is 14.9. The summed E-state index contributed by atoms with van der Waals surface area (Å²) in [5.74, 6) is 1.66. The zero-order valence-electron chi connectivity index (χ0n) is 14.1. The van der Waals surface area contributed by atoms with Gasteiger partial charge in [0.2, 0.25) is 0 Å². The molecular formula is C18H20N4O2. The first-order chi connectivity index (χ1) is 11.4. The van der Waals surface area contributed by atoms with Gasteiger partial charge in [0, 0.05) is 37.0 Å². The van der Waals surface area contributed by atoms with E-state index in [4.69, 9.17) is 4.42 Å². The van der Waals surface area contributed by atoms with Crippen LogP contribution in [-0.2, 0) is 18.4 Å². The number of fused-ring (bicyclic) bond motifs is 2. The summed E-state index contributed by atoms with van der Waals surface area (Å²) >= 11 is 0. The van der Waals surface area contributed by atoms with Gasteiger partial charge in [-0.2, -0.15) is 0 Å². The Bertz CT molecular complexity index is 917. The summed E-state index contributed by atoms with van der Waals surface area (Å²) < 4.78 is 7.75. The first-order valence-corrected chi connectivity index (χ1v) is 8.13. The molecule has 6 nitrogen and oxygen atoms in total. The van der Waals surface area contributed by atoms with E-state index in [0.717, 1.165) is 23.0 Å². The van der Waals surface area contributed by atoms with E-state index in [2.05, 4.69) is 30.7 Å². The van der Waals surface area contributed by atoms with E-state index >= 15 is 0 Å². The maximum absolute atomic E-state index is 12.8. The molecule has 0 fully saturated rings. The van der Waals surface area contributed by atoms with E-state index in [1.807, 2.05) is 33.8 Å². The van der Waals surface area contributed by atoms with Crippen LogP contribution in [0.5, 0.6) is 0 Å². The molecule has 1 aliphatic rings. The van der Waals surface area contributed by atoms with E-state index in [0.29, 0.717) is 25.1 Å². The Hall–Kier alpha value is -2.63. The summed E-state index contributed by atoms with van der Waals surface area (Å²) in [5.41, 5.74) is 2.24. The summed E-state index contributed by atoms with van der Waals surface area (Å²) in [5, 5.41) is 0. The molecule has 0 aromatic carbocycles. The minimum Gasteiger partial charge on any atom is -0.445 e. The molecule has 0 radical (unpaired) electrons. The molecule has 0 aliphatic carbocycles. The number of pyridine rings is 1. The number of aromatic nitrogens is 3. The lowest BCUT2D eigenvalue weighted by molar-refractivity contribution is 0.0727. The molecule has 3 aromatic heterocycles. The fourth-order valence-corrected chi connectivity index (χ4v) is 2.92. The molecule has 0 saturated carbocycles. The van der Waals surface area contributed by atoms with Gasteiger partial charge in [0.05, 0.1) is 12.1 Å². The zero-order valence-corrected chi connectivity index (χ0v) is 14.1. The lowest BCUT2D eigenvalue weighted by Gasteiger charge is -2.25. The van der Waals surface area contributed by atoms with Crippen molar-refractivity contribution in [2.75, 3.05) is 6.54 Å². The summed E-state index contributed by atoms with van der Waals surface area (Å²) in [6, 6.07) is 3.68. The van der Waals surface area contributed by atoms with E-state index in [1.165, 1.54) is 0 Å². The van der Waals surface area contributed by atoms with E-state index < -0.39 is 0 Å². The number of amides is 1. The highest BCUT2D eigenvalue weighted by molar-refractivity contribution is 5.94. The monoisotopic (exact) mass is 324 g/mol. The van der Waals surface area contributed by atoms with E-state index in [9.17, 15) is 4.79 Å². The van der Waals surface area contributed by atoms with Crippen LogP contribution in [0.25, 0.3) is 5.65 Å². The molecule has 124 valence electrons. The average Bonchev–Trinajstić information content (AvgIpc) is 3.18. The molecule has 24 heavy (non-hydrogen) atoms. The maximum Gasteiger partial charge on any atom is 0.255 e. The second kappa shape index (κ2) is 5.19. The molecule has 1 aliphatic heterocycles. The lowest BCUT2D eigenvalue weighted by Crippen LogP contribution is -2.35. The van der Waals surface area contributed by atoms with Crippen LogP contribution in [0.2, 0.25) is 0 Å². The van der Waals surface area contributed by atoms with Gasteiger partial charge in [-0.25, -0.2) is 9.97 Å². The standard InChI is InChI=1S/C18H20N4O2/c1-18(2,3)17-20-13-11-22(8-6-14(13)24-17)16(23)12-4-5-15-19-7-9-21(15)10-12/h4-5,7,9-10H,6,8,11H2,1-3H3. The summed E-state index contributed by atoms with van der Waals surface area (Å²) in [6.07, 6.45) is 6.09. The third kappa shape index (κ3) is 2.48. The third-order valence-corrected chi connectivity index (χ3v) is 4.29. The molecule has 0 atom stereocenters. The Morgan fingerprint density at radius 2 is 2.12 bits per heavy atom. The predicted molar refractivity (Wildman–Crippen MR) is 88.8 cm³/mol. The van der Waals surface area contributed by atoms with Crippen molar-refractivity contribution < 1.29 is 9.21 Å². The van der Waals surface area contributed by atoms with Crippen molar-refractivity contribution >= 4 is 11.6 Å². The quantitative estimate of drug-likeness (QED) is 0.690. The van der Waals surface area contributed by atoms with Crippen LogP contribution in [0.4, 0.5) is 0 Å². The van der Waals surface area contributed by atoms with Crippen molar-refractivity contribution in [1.82, 2.24) is 19.3 Å². The number of hydrogen-bond acceptors (Lipinski definition) is 4. The Morgan fingerprint density at radius 1 is 1.29 bits per heavy atom. The number of imidazole rings is 1. The number of nitrogens with zero attached hydrogens (tertiary/aromatic N) is 4. The minimum absolute atomic E-state index is 0.0107. The van der Waals surface area contributed by atoms with Crippen LogP contribution in [0, 0.1) is 0 Å². The number of carbonyl (C=O) groups excluding carboxylic acids is 1. The molecule has 4 heterocycles. The van der Waals surface area contributed by atoms with Crippen LogP contribution < -0.4 is 0 Å². The molecule has 1 amide bonds. The van der Waals surface area contributed by atoms with Crippen LogP contribution in [0.15, 0.2) is 35.1 Å². The maximum atomic E-state index is 12.8. The van der Waals surface area contributed by atoms with Gasteiger partial charge in [-0.05, 0) is 12.1 Å². The van der Waals surface area contributed by atoms with E-state index in [-0.39, 0.29) is 11.3 Å². The second-order valence-electron chi connectivity index (χ2n) is 7.23. The van der Waals surface area contributed by atoms with Gasteiger partial charge in [-0.1, -0.05) is 20.8 Å². The molecule has 4 rings (SSSR count). The van der Waals surface area contributed by atoms with Crippen molar-refractivity contribution in [2.24, 2.45) is 0 Å². The fourth-order valence-electron chi connectivity index (χ4n) is 2.92. The molecule has 0 unspecified atom stereocenters. The van der Waals surface area contributed by atoms with Crippen LogP contribution in [-0.4, -0.2) is 31.7 Å². The Labute approximate surface area is 140 Å². The number of rotatable bonds is 1. The van der Waals surface area contributed by atoms with Crippen LogP contribution >= 0.6 is 0 Å². The highest BCUT2D eigenvalue weighted by atomic mass is 16.4. The Morgan fingerprint density at radius 3 is 2.92 bits per heavy atom. The number of carbonyl (C=O) groups is 1. The van der Waals surface area contributed by atoms with Crippen molar-refractivity contribution in [2.45, 2.75) is 39.2 Å². The largest absolute Gasteiger partial charge is 0.445 e. The van der Waals surface area contributed by atoms with Gasteiger partial charge in [0.15, 0.2) is 5.89 Å². The molecule has 0 N–H and O–H groups in total. The topological polar surface area (TPSA) is 63.6 Å². The molecular weight excluding hydrogens is 304 g/mol. The highest BCUT2D eigenvalue weighted by Gasteiger charge is 2.29. The average molecular weight is 324 g/mol. The van der Waals surface area contributed by atoms with Crippen molar-refractivity contribution in [3.63, 3.8) is 0 Å². The molecule has 6 heteroatoms. The lowest BCUT2D eigenvalue weighted by atomic mass is 9.97. The third-order valence-electron chi connectivity index (χ3n) is 4.29. The predicted octanol–water partition coefficient (Wildman–Crippen LogP) is 2.82. The van der Waals surface area contributed by atoms with Crippen molar-refractivity contribution in [1.29, 1.82) is 0 Å². The second-order valence-corrected chi connectivity index (χ2v) is 7.23. The molecule has 3 aromatic rings. The minimum atomic E-state index is -0.126. The molecule has 0 saturated heterocycles. The normalized spacial score (nSPS) is 14.9. The SMILES string of the molecule is CC(C)(C)c1nc2c(o1)CCN(C(=O)c1ccc3nccn3c1)C2. The highest BCUT2D eigenvalue weighted by Crippen LogP contribution is 2.27. The molecule has 0 bridgehead atoms. The van der Waals surface area contributed by atoms with Gasteiger partial charge < -0.3 is 13.7 Å². The Balaban J connectivity index is 1.59. The molecule has 0 spiro atoms. The van der Waals surface area contributed by atoms with Gasteiger partial charge in [0.1, 0.15) is 17.1 Å². The van der Waals surface area contributed by atoms with E-state index in [1.54, 1.807) is 6.20 Å². The summed E-state index contributed by atoms with van der Waals surface area (Å²) in [6.45, 7) is 7.37. The van der Waals surface area contributed by atoms with Gasteiger partial charge in [0.25, 0.3) is 5.91 Å². The zero-order chi connectivity index (χ0) is 16.9.